The fourth-order valence-electron chi connectivity index (χ4n) is 1.22. The second-order valence-electron chi connectivity index (χ2n) is 5.31. The molecule has 0 unspecified atom stereocenters. The van der Waals surface area contributed by atoms with Crippen LogP contribution in [-0.4, -0.2) is 48.9 Å². The molecule has 1 rings (SSSR count). The van der Waals surface area contributed by atoms with Crippen molar-refractivity contribution in [2.24, 2.45) is 0 Å². The summed E-state index contributed by atoms with van der Waals surface area (Å²) in [7, 11) is 0.407. The molecule has 0 fully saturated rings. The van der Waals surface area contributed by atoms with Crippen LogP contribution >= 0.6 is 0 Å². The smallest absolute Gasteiger partial charge is 0.227 e. The molecular formula is C11H21N3O3Si. The molecule has 0 N–H and O–H groups in total. The van der Waals surface area contributed by atoms with E-state index in [0.29, 0.717) is 6.73 Å². The average molecular weight is 271 g/mol. The number of carbonyl (C=O) groups is 1. The molecule has 0 saturated carbocycles. The number of ether oxygens (including phenoxy) is 2. The highest BCUT2D eigenvalue weighted by Crippen LogP contribution is 2.07. The molecule has 1 aromatic rings. The maximum absolute atomic E-state index is 11.4. The van der Waals surface area contributed by atoms with E-state index in [1.54, 1.807) is 0 Å². The van der Waals surface area contributed by atoms with Crippen LogP contribution in [0.15, 0.2) is 6.33 Å². The molecular weight excluding hydrogens is 250 g/mol. The van der Waals surface area contributed by atoms with Gasteiger partial charge in [-0.1, -0.05) is 19.6 Å². The van der Waals surface area contributed by atoms with Gasteiger partial charge in [-0.05, 0) is 6.04 Å². The Labute approximate surface area is 108 Å². The van der Waals surface area contributed by atoms with Gasteiger partial charge in [0.1, 0.15) is 19.7 Å². The predicted octanol–water partition coefficient (Wildman–Crippen LogP) is 1.42. The van der Waals surface area contributed by atoms with Crippen molar-refractivity contribution in [2.45, 2.75) is 32.4 Å². The standard InChI is InChI=1S/C11H21N3O3Si/c1-16-7-10(15)11-12-8-14(13-11)9-17-5-6-18(2,3)4/h8H,5-7,9H2,1-4H3. The third-order valence-corrected chi connectivity index (χ3v) is 3.99. The SMILES string of the molecule is COCC(=O)c1ncn(COCC[Si](C)(C)C)n1. The van der Waals surface area contributed by atoms with Crippen molar-refractivity contribution in [1.82, 2.24) is 14.8 Å². The first-order chi connectivity index (χ1) is 8.42. The molecule has 0 aromatic carbocycles. The molecule has 0 radical (unpaired) electrons. The first kappa shape index (κ1) is 15.0. The number of hydrogen-bond acceptors (Lipinski definition) is 5. The first-order valence-electron chi connectivity index (χ1n) is 5.92. The van der Waals surface area contributed by atoms with E-state index in [4.69, 9.17) is 9.47 Å². The minimum atomic E-state index is -1.06. The number of carbonyl (C=O) groups excluding carboxylic acids is 1. The van der Waals surface area contributed by atoms with E-state index in [2.05, 4.69) is 29.7 Å². The van der Waals surface area contributed by atoms with Gasteiger partial charge in [0.2, 0.25) is 11.6 Å². The molecule has 0 bridgehead atoms. The Hall–Kier alpha value is -1.05. The molecule has 0 atom stereocenters. The molecule has 102 valence electrons. The second-order valence-corrected chi connectivity index (χ2v) is 10.9. The number of nitrogens with zero attached hydrogens (tertiary/aromatic N) is 3. The summed E-state index contributed by atoms with van der Waals surface area (Å²) in [6, 6.07) is 1.11. The number of Topliss-reactive ketones (excluding diaryl/α,β-unsaturated/α-hetero) is 1. The van der Waals surface area contributed by atoms with Crippen LogP contribution in [0.5, 0.6) is 0 Å². The van der Waals surface area contributed by atoms with Crippen molar-refractivity contribution in [2.75, 3.05) is 20.3 Å². The summed E-state index contributed by atoms with van der Waals surface area (Å²) >= 11 is 0. The van der Waals surface area contributed by atoms with Crippen molar-refractivity contribution in [3.05, 3.63) is 12.2 Å². The minimum absolute atomic E-state index is 0.000491. The Morgan fingerprint density at radius 1 is 1.44 bits per heavy atom. The van der Waals surface area contributed by atoms with Crippen LogP contribution in [0.3, 0.4) is 0 Å². The zero-order valence-corrected chi connectivity index (χ0v) is 12.5. The number of ketones is 1. The zero-order chi connectivity index (χ0) is 13.6. The van der Waals surface area contributed by atoms with E-state index in [1.807, 2.05) is 0 Å². The number of methoxy groups -OCH3 is 1. The third kappa shape index (κ3) is 5.52. The Morgan fingerprint density at radius 3 is 2.78 bits per heavy atom. The average Bonchev–Trinajstić information content (AvgIpc) is 2.72. The van der Waals surface area contributed by atoms with E-state index >= 15 is 0 Å². The molecule has 0 aliphatic carbocycles. The van der Waals surface area contributed by atoms with Crippen LogP contribution < -0.4 is 0 Å². The van der Waals surface area contributed by atoms with Crippen molar-refractivity contribution in [3.63, 3.8) is 0 Å². The van der Waals surface area contributed by atoms with Gasteiger partial charge in [-0.3, -0.25) is 4.79 Å². The van der Waals surface area contributed by atoms with Gasteiger partial charge in [-0.2, -0.15) is 0 Å². The number of hydrogen-bond donors (Lipinski definition) is 0. The Balaban J connectivity index is 2.33. The fourth-order valence-corrected chi connectivity index (χ4v) is 1.97. The number of aromatic nitrogens is 3. The molecule has 1 heterocycles. The van der Waals surface area contributed by atoms with Crippen LogP contribution in [0, 0.1) is 0 Å². The van der Waals surface area contributed by atoms with Crippen molar-refractivity contribution < 1.29 is 14.3 Å². The van der Waals surface area contributed by atoms with Gasteiger partial charge in [0.25, 0.3) is 0 Å². The molecule has 7 heteroatoms. The van der Waals surface area contributed by atoms with Crippen molar-refractivity contribution >= 4 is 13.9 Å². The highest BCUT2D eigenvalue weighted by atomic mass is 28.3. The third-order valence-electron chi connectivity index (χ3n) is 2.28. The molecule has 0 saturated heterocycles. The Morgan fingerprint density at radius 2 is 2.17 bits per heavy atom. The summed E-state index contributed by atoms with van der Waals surface area (Å²) in [4.78, 5) is 15.3. The van der Waals surface area contributed by atoms with Crippen LogP contribution in [0.4, 0.5) is 0 Å². The predicted molar refractivity (Wildman–Crippen MR) is 70.3 cm³/mol. The molecule has 1 aromatic heterocycles. The summed E-state index contributed by atoms with van der Waals surface area (Å²) in [6.07, 6.45) is 1.50. The lowest BCUT2D eigenvalue weighted by Crippen LogP contribution is -2.22. The summed E-state index contributed by atoms with van der Waals surface area (Å²) in [6.45, 7) is 7.95. The Kier molecular flexibility index (Phi) is 5.64. The molecule has 18 heavy (non-hydrogen) atoms. The highest BCUT2D eigenvalue weighted by Gasteiger charge is 2.13. The van der Waals surface area contributed by atoms with Crippen LogP contribution in [0.2, 0.25) is 25.7 Å². The lowest BCUT2D eigenvalue weighted by Gasteiger charge is -2.15. The van der Waals surface area contributed by atoms with Crippen molar-refractivity contribution in [3.8, 4) is 0 Å². The second kappa shape index (κ2) is 6.77. The van der Waals surface area contributed by atoms with Gasteiger partial charge in [-0.25, -0.2) is 9.67 Å². The van der Waals surface area contributed by atoms with Crippen LogP contribution in [0.1, 0.15) is 10.6 Å². The lowest BCUT2D eigenvalue weighted by molar-refractivity contribution is 0.0763. The largest absolute Gasteiger partial charge is 0.376 e. The molecule has 0 spiro atoms. The molecule has 0 aliphatic rings. The van der Waals surface area contributed by atoms with E-state index in [0.717, 1.165) is 12.7 Å². The van der Waals surface area contributed by atoms with E-state index < -0.39 is 8.07 Å². The summed E-state index contributed by atoms with van der Waals surface area (Å²) in [5, 5.41) is 4.03. The quantitative estimate of drug-likeness (QED) is 0.406. The van der Waals surface area contributed by atoms with Gasteiger partial charge in [0.05, 0.1) is 0 Å². The number of rotatable bonds is 8. The van der Waals surface area contributed by atoms with Gasteiger partial charge in [0.15, 0.2) is 0 Å². The van der Waals surface area contributed by atoms with E-state index in [-0.39, 0.29) is 18.2 Å². The van der Waals surface area contributed by atoms with Gasteiger partial charge >= 0.3 is 0 Å². The van der Waals surface area contributed by atoms with Gasteiger partial charge in [0, 0.05) is 21.8 Å². The highest BCUT2D eigenvalue weighted by molar-refractivity contribution is 6.76. The maximum Gasteiger partial charge on any atom is 0.227 e. The Bertz CT molecular complexity index is 387. The fraction of sp³-hybridized carbons (Fsp3) is 0.727. The maximum atomic E-state index is 11.4. The van der Waals surface area contributed by atoms with Gasteiger partial charge in [-0.15, -0.1) is 5.10 Å². The summed E-state index contributed by atoms with van der Waals surface area (Å²) in [5.41, 5.74) is 0. The first-order valence-corrected chi connectivity index (χ1v) is 9.62. The van der Waals surface area contributed by atoms with E-state index in [1.165, 1.54) is 18.1 Å². The topological polar surface area (TPSA) is 66.2 Å². The lowest BCUT2D eigenvalue weighted by atomic mass is 10.4. The minimum Gasteiger partial charge on any atom is -0.376 e. The van der Waals surface area contributed by atoms with E-state index in [9.17, 15) is 4.79 Å². The van der Waals surface area contributed by atoms with Gasteiger partial charge < -0.3 is 9.47 Å². The molecule has 0 amide bonds. The summed E-state index contributed by atoms with van der Waals surface area (Å²) < 4.78 is 11.8. The summed E-state index contributed by atoms with van der Waals surface area (Å²) in [5.74, 6) is -0.0519. The van der Waals surface area contributed by atoms with Crippen LogP contribution in [-0.2, 0) is 16.2 Å². The normalized spacial score (nSPS) is 11.8. The van der Waals surface area contributed by atoms with Crippen LogP contribution in [0.25, 0.3) is 0 Å². The van der Waals surface area contributed by atoms with Crippen molar-refractivity contribution in [1.29, 1.82) is 0 Å². The molecule has 0 aliphatic heterocycles. The molecule has 6 nitrogen and oxygen atoms in total. The zero-order valence-electron chi connectivity index (χ0n) is 11.5. The monoisotopic (exact) mass is 271 g/mol.